The van der Waals surface area contributed by atoms with Crippen LogP contribution < -0.4 is 4.90 Å². The van der Waals surface area contributed by atoms with Crippen LogP contribution in [0.15, 0.2) is 22.7 Å². The van der Waals surface area contributed by atoms with Crippen molar-refractivity contribution in [1.29, 1.82) is 0 Å². The predicted molar refractivity (Wildman–Crippen MR) is 78.0 cm³/mol. The summed E-state index contributed by atoms with van der Waals surface area (Å²) in [5.41, 5.74) is 0.0620. The molecule has 0 N–H and O–H groups in total. The normalized spacial score (nSPS) is 16.2. The fourth-order valence-electron chi connectivity index (χ4n) is 2.48. The van der Waals surface area contributed by atoms with Crippen LogP contribution in [0, 0.1) is 10.1 Å². The Morgan fingerprint density at radius 3 is 2.67 bits per heavy atom. The first-order chi connectivity index (χ1) is 9.99. The van der Waals surface area contributed by atoms with E-state index in [1.807, 2.05) is 0 Å². The molecule has 1 heterocycles. The van der Waals surface area contributed by atoms with Crippen molar-refractivity contribution in [1.82, 2.24) is 0 Å². The van der Waals surface area contributed by atoms with Crippen molar-refractivity contribution in [3.05, 3.63) is 32.8 Å². The summed E-state index contributed by atoms with van der Waals surface area (Å²) in [6, 6.07) is 4.31. The minimum atomic E-state index is -2.56. The highest BCUT2D eigenvalue weighted by Crippen LogP contribution is 2.34. The Balaban J connectivity index is 2.37. The molecule has 8 heteroatoms. The fourth-order valence-corrected chi connectivity index (χ4v) is 2.82. The van der Waals surface area contributed by atoms with Gasteiger partial charge in [0, 0.05) is 29.8 Å². The molecule has 1 fully saturated rings. The van der Waals surface area contributed by atoms with E-state index in [-0.39, 0.29) is 17.4 Å². The number of hydrogen-bond acceptors (Lipinski definition) is 4. The molecule has 0 aromatic heterocycles. The molecular formula is C13H15BrF2N2O3. The first kappa shape index (κ1) is 16.1. The molecule has 0 amide bonds. The molecular weight excluding hydrogens is 350 g/mol. The summed E-state index contributed by atoms with van der Waals surface area (Å²) in [6.45, 7) is 0.441. The van der Waals surface area contributed by atoms with Crippen molar-refractivity contribution >= 4 is 27.3 Å². The summed E-state index contributed by atoms with van der Waals surface area (Å²) in [7, 11) is 0. The van der Waals surface area contributed by atoms with Gasteiger partial charge in [-0.05, 0) is 25.0 Å². The van der Waals surface area contributed by atoms with E-state index in [2.05, 4.69) is 15.9 Å². The van der Waals surface area contributed by atoms with Crippen molar-refractivity contribution in [2.24, 2.45) is 0 Å². The molecule has 0 bridgehead atoms. The zero-order valence-corrected chi connectivity index (χ0v) is 12.8. The molecule has 0 atom stereocenters. The summed E-state index contributed by atoms with van der Waals surface area (Å²) in [4.78, 5) is 12.1. The topological polar surface area (TPSA) is 55.6 Å². The summed E-state index contributed by atoms with van der Waals surface area (Å²) < 4.78 is 31.5. The molecule has 2 rings (SSSR count). The van der Waals surface area contributed by atoms with Gasteiger partial charge in [0.15, 0.2) is 0 Å². The van der Waals surface area contributed by atoms with Gasteiger partial charge in [-0.1, -0.05) is 15.9 Å². The molecule has 1 saturated heterocycles. The van der Waals surface area contributed by atoms with Gasteiger partial charge in [-0.2, -0.15) is 0 Å². The van der Waals surface area contributed by atoms with Gasteiger partial charge in [-0.25, -0.2) is 8.78 Å². The van der Waals surface area contributed by atoms with E-state index in [1.165, 1.54) is 17.0 Å². The quantitative estimate of drug-likeness (QED) is 0.591. The van der Waals surface area contributed by atoms with Gasteiger partial charge in [0.05, 0.1) is 11.5 Å². The molecule has 5 nitrogen and oxygen atoms in total. The molecule has 0 radical (unpaired) electrons. The van der Waals surface area contributed by atoms with Gasteiger partial charge in [0.25, 0.3) is 12.1 Å². The van der Waals surface area contributed by atoms with Gasteiger partial charge in [0.2, 0.25) is 0 Å². The Kier molecular flexibility index (Phi) is 5.46. The maximum atomic E-state index is 12.9. The van der Waals surface area contributed by atoms with Crippen molar-refractivity contribution in [2.75, 3.05) is 24.7 Å². The van der Waals surface area contributed by atoms with Crippen LogP contribution in [-0.4, -0.2) is 37.1 Å². The lowest BCUT2D eigenvalue weighted by Crippen LogP contribution is -2.42. The van der Waals surface area contributed by atoms with E-state index < -0.39 is 17.9 Å². The van der Waals surface area contributed by atoms with Crippen LogP contribution in [0.3, 0.4) is 0 Å². The number of nitro groups is 1. The third-order valence-electron chi connectivity index (χ3n) is 3.41. The van der Waals surface area contributed by atoms with E-state index in [9.17, 15) is 18.9 Å². The summed E-state index contributed by atoms with van der Waals surface area (Å²) in [5.74, 6) is 0. The molecule has 1 aromatic rings. The lowest BCUT2D eigenvalue weighted by molar-refractivity contribution is -0.384. The third kappa shape index (κ3) is 4.10. The molecule has 1 aliphatic rings. The number of nitro benzene ring substituents is 1. The van der Waals surface area contributed by atoms with E-state index in [4.69, 9.17) is 4.74 Å². The molecule has 21 heavy (non-hydrogen) atoms. The minimum absolute atomic E-state index is 0.170. The van der Waals surface area contributed by atoms with Gasteiger partial charge in [-0.15, -0.1) is 0 Å². The fraction of sp³-hybridized carbons (Fsp3) is 0.538. The Hall–Kier alpha value is -1.28. The second-order valence-electron chi connectivity index (χ2n) is 4.78. The van der Waals surface area contributed by atoms with E-state index in [0.29, 0.717) is 30.5 Å². The van der Waals surface area contributed by atoms with Crippen molar-refractivity contribution in [3.63, 3.8) is 0 Å². The number of rotatable bonds is 5. The maximum Gasteiger partial charge on any atom is 0.293 e. The second kappa shape index (κ2) is 7.13. The number of anilines is 1. The van der Waals surface area contributed by atoms with Crippen LogP contribution in [0.5, 0.6) is 0 Å². The molecule has 0 unspecified atom stereocenters. The van der Waals surface area contributed by atoms with Gasteiger partial charge in [-0.3, -0.25) is 10.1 Å². The summed E-state index contributed by atoms with van der Waals surface area (Å²) in [6.07, 6.45) is -1.39. The van der Waals surface area contributed by atoms with Crippen molar-refractivity contribution < 1.29 is 18.4 Å². The smallest absolute Gasteiger partial charge is 0.293 e. The van der Waals surface area contributed by atoms with E-state index in [1.54, 1.807) is 6.07 Å². The van der Waals surface area contributed by atoms with E-state index >= 15 is 0 Å². The average molecular weight is 365 g/mol. The molecule has 1 aromatic carbocycles. The number of ether oxygens (including phenoxy) is 1. The Labute approximate surface area is 129 Å². The largest absolute Gasteiger partial charge is 0.381 e. The molecule has 116 valence electrons. The molecule has 1 aliphatic heterocycles. The van der Waals surface area contributed by atoms with E-state index in [0.717, 1.165) is 0 Å². The maximum absolute atomic E-state index is 12.9. The minimum Gasteiger partial charge on any atom is -0.381 e. The number of halogens is 3. The first-order valence-corrected chi connectivity index (χ1v) is 7.35. The summed E-state index contributed by atoms with van der Waals surface area (Å²) in [5, 5.41) is 11.2. The van der Waals surface area contributed by atoms with Crippen LogP contribution in [-0.2, 0) is 4.74 Å². The zero-order valence-electron chi connectivity index (χ0n) is 11.2. The number of hydrogen-bond donors (Lipinski definition) is 0. The van der Waals surface area contributed by atoms with Crippen LogP contribution in [0.1, 0.15) is 12.8 Å². The lowest BCUT2D eigenvalue weighted by atomic mass is 10.1. The number of nitrogens with zero attached hydrogens (tertiary/aromatic N) is 2. The predicted octanol–water partition coefficient (Wildman–Crippen LogP) is 3.61. The zero-order chi connectivity index (χ0) is 15.4. The highest BCUT2D eigenvalue weighted by Gasteiger charge is 2.29. The highest BCUT2D eigenvalue weighted by molar-refractivity contribution is 9.10. The molecule has 0 saturated carbocycles. The monoisotopic (exact) mass is 364 g/mol. The third-order valence-corrected chi connectivity index (χ3v) is 3.90. The van der Waals surface area contributed by atoms with Crippen molar-refractivity contribution in [2.45, 2.75) is 25.3 Å². The van der Waals surface area contributed by atoms with Gasteiger partial charge < -0.3 is 9.64 Å². The Morgan fingerprint density at radius 1 is 1.43 bits per heavy atom. The molecule has 0 spiro atoms. The highest BCUT2D eigenvalue weighted by atomic mass is 79.9. The van der Waals surface area contributed by atoms with Crippen LogP contribution in [0.2, 0.25) is 0 Å². The van der Waals surface area contributed by atoms with Gasteiger partial charge in [0.1, 0.15) is 5.69 Å². The standard InChI is InChI=1S/C13H15BrF2N2O3/c14-9-1-2-11(12(7-9)18(19)20)17(8-13(15)16)10-3-5-21-6-4-10/h1-2,7,10,13H,3-6,8H2. The van der Waals surface area contributed by atoms with Crippen LogP contribution in [0.25, 0.3) is 0 Å². The molecule has 0 aliphatic carbocycles. The van der Waals surface area contributed by atoms with Gasteiger partial charge >= 0.3 is 0 Å². The number of benzene rings is 1. The summed E-state index contributed by atoms with van der Waals surface area (Å²) >= 11 is 3.17. The average Bonchev–Trinajstić information content (AvgIpc) is 2.45. The second-order valence-corrected chi connectivity index (χ2v) is 5.69. The van der Waals surface area contributed by atoms with Crippen LogP contribution in [0.4, 0.5) is 20.2 Å². The Morgan fingerprint density at radius 2 is 2.10 bits per heavy atom. The number of alkyl halides is 2. The Bertz CT molecular complexity index is 510. The SMILES string of the molecule is O=[N+]([O-])c1cc(Br)ccc1N(CC(F)F)C1CCOCC1. The van der Waals surface area contributed by atoms with Crippen molar-refractivity contribution in [3.8, 4) is 0 Å². The van der Waals surface area contributed by atoms with Crippen LogP contribution >= 0.6 is 15.9 Å². The first-order valence-electron chi connectivity index (χ1n) is 6.55. The lowest BCUT2D eigenvalue weighted by Gasteiger charge is -2.35.